The van der Waals surface area contributed by atoms with Crippen LogP contribution in [0.1, 0.15) is 10.5 Å². The fourth-order valence-electron chi connectivity index (χ4n) is 2.88. The van der Waals surface area contributed by atoms with E-state index in [-0.39, 0.29) is 17.9 Å². The van der Waals surface area contributed by atoms with Crippen LogP contribution < -0.4 is 10.6 Å². The highest BCUT2D eigenvalue weighted by Crippen LogP contribution is 2.22. The fraction of sp³-hybridized carbons (Fsp3) is 0.0455. The maximum absolute atomic E-state index is 13.3. The van der Waals surface area contributed by atoms with Gasteiger partial charge in [-0.3, -0.25) is 9.59 Å². The van der Waals surface area contributed by atoms with Crippen molar-refractivity contribution in [3.63, 3.8) is 0 Å². The van der Waals surface area contributed by atoms with Gasteiger partial charge in [0.05, 0.1) is 18.5 Å². The highest BCUT2D eigenvalue weighted by molar-refractivity contribution is 5.99. The second-order valence-corrected chi connectivity index (χ2v) is 6.50. The fourth-order valence-corrected chi connectivity index (χ4v) is 2.88. The van der Waals surface area contributed by atoms with E-state index in [0.717, 1.165) is 12.1 Å². The number of amides is 2. The minimum absolute atomic E-state index is 0.0765. The topological polar surface area (TPSA) is 89.2 Å². The number of hydrogen-bond donors (Lipinski definition) is 2. The van der Waals surface area contributed by atoms with E-state index in [4.69, 9.17) is 4.42 Å². The SMILES string of the molecule is O=C(CNC(=O)c1cc(-c2ccco2)nn1-c1ccccc1)Nc1ccc(F)c(F)c1. The van der Waals surface area contributed by atoms with E-state index in [1.165, 1.54) is 17.0 Å². The highest BCUT2D eigenvalue weighted by atomic mass is 19.2. The van der Waals surface area contributed by atoms with Crippen molar-refractivity contribution in [1.82, 2.24) is 15.1 Å². The molecule has 0 saturated carbocycles. The molecule has 0 spiro atoms. The van der Waals surface area contributed by atoms with E-state index in [9.17, 15) is 18.4 Å². The lowest BCUT2D eigenvalue weighted by Crippen LogP contribution is -2.34. The van der Waals surface area contributed by atoms with Crippen LogP contribution in [0.25, 0.3) is 17.1 Å². The quantitative estimate of drug-likeness (QED) is 0.495. The van der Waals surface area contributed by atoms with Gasteiger partial charge in [0.15, 0.2) is 17.4 Å². The van der Waals surface area contributed by atoms with Crippen molar-refractivity contribution in [3.05, 3.63) is 90.3 Å². The summed E-state index contributed by atoms with van der Waals surface area (Å²) in [5, 5.41) is 9.34. The second-order valence-electron chi connectivity index (χ2n) is 6.50. The van der Waals surface area contributed by atoms with Gasteiger partial charge in [-0.05, 0) is 36.4 Å². The van der Waals surface area contributed by atoms with E-state index in [2.05, 4.69) is 15.7 Å². The summed E-state index contributed by atoms with van der Waals surface area (Å²) in [6.07, 6.45) is 1.50. The maximum Gasteiger partial charge on any atom is 0.270 e. The van der Waals surface area contributed by atoms with Gasteiger partial charge < -0.3 is 15.1 Å². The van der Waals surface area contributed by atoms with Crippen LogP contribution in [-0.2, 0) is 4.79 Å². The van der Waals surface area contributed by atoms with Crippen molar-refractivity contribution in [2.45, 2.75) is 0 Å². The lowest BCUT2D eigenvalue weighted by molar-refractivity contribution is -0.115. The maximum atomic E-state index is 13.3. The zero-order valence-corrected chi connectivity index (χ0v) is 16.0. The van der Waals surface area contributed by atoms with Crippen LogP contribution in [0.15, 0.2) is 77.4 Å². The smallest absolute Gasteiger partial charge is 0.270 e. The molecule has 2 aromatic heterocycles. The van der Waals surface area contributed by atoms with Crippen molar-refractivity contribution in [2.24, 2.45) is 0 Å². The van der Waals surface area contributed by atoms with Crippen LogP contribution in [-0.4, -0.2) is 28.1 Å². The molecule has 156 valence electrons. The first kappa shape index (κ1) is 20.0. The lowest BCUT2D eigenvalue weighted by Gasteiger charge is -2.09. The molecule has 0 bridgehead atoms. The van der Waals surface area contributed by atoms with Crippen molar-refractivity contribution in [2.75, 3.05) is 11.9 Å². The summed E-state index contributed by atoms with van der Waals surface area (Å²) < 4.78 is 33.1. The molecule has 7 nitrogen and oxygen atoms in total. The molecule has 0 unspecified atom stereocenters. The molecule has 31 heavy (non-hydrogen) atoms. The van der Waals surface area contributed by atoms with Gasteiger partial charge in [-0.25, -0.2) is 13.5 Å². The molecule has 0 atom stereocenters. The average molecular weight is 422 g/mol. The number of nitrogens with zero attached hydrogens (tertiary/aromatic N) is 2. The minimum Gasteiger partial charge on any atom is -0.463 e. The Hall–Kier alpha value is -4.27. The zero-order chi connectivity index (χ0) is 21.8. The molecule has 4 rings (SSSR count). The number of hydrogen-bond acceptors (Lipinski definition) is 4. The van der Waals surface area contributed by atoms with Crippen LogP contribution in [0.3, 0.4) is 0 Å². The Morgan fingerprint density at radius 3 is 2.48 bits per heavy atom. The first-order valence-electron chi connectivity index (χ1n) is 9.24. The Bertz CT molecular complexity index is 1220. The van der Waals surface area contributed by atoms with Crippen molar-refractivity contribution < 1.29 is 22.8 Å². The summed E-state index contributed by atoms with van der Waals surface area (Å²) in [4.78, 5) is 24.9. The van der Waals surface area contributed by atoms with E-state index in [1.54, 1.807) is 42.5 Å². The molecule has 0 aliphatic heterocycles. The summed E-state index contributed by atoms with van der Waals surface area (Å²) >= 11 is 0. The van der Waals surface area contributed by atoms with Gasteiger partial charge in [0, 0.05) is 17.8 Å². The van der Waals surface area contributed by atoms with Crippen LogP contribution in [0.4, 0.5) is 14.5 Å². The summed E-state index contributed by atoms with van der Waals surface area (Å²) in [5.41, 5.74) is 1.37. The molecular formula is C22H16F2N4O3. The summed E-state index contributed by atoms with van der Waals surface area (Å²) in [6.45, 7) is -0.381. The molecule has 0 radical (unpaired) electrons. The van der Waals surface area contributed by atoms with Gasteiger partial charge >= 0.3 is 0 Å². The molecule has 0 aliphatic rings. The number of carbonyl (C=O) groups is 2. The summed E-state index contributed by atoms with van der Waals surface area (Å²) in [5.74, 6) is -2.77. The minimum atomic E-state index is -1.08. The number of benzene rings is 2. The Morgan fingerprint density at radius 1 is 0.968 bits per heavy atom. The number of nitrogens with one attached hydrogen (secondary N) is 2. The largest absolute Gasteiger partial charge is 0.463 e. The average Bonchev–Trinajstić information content (AvgIpc) is 3.45. The molecule has 2 amide bonds. The third-order valence-electron chi connectivity index (χ3n) is 4.33. The number of aromatic nitrogens is 2. The zero-order valence-electron chi connectivity index (χ0n) is 16.0. The van der Waals surface area contributed by atoms with Gasteiger partial charge in [-0.2, -0.15) is 5.10 Å². The monoisotopic (exact) mass is 422 g/mol. The predicted octanol–water partition coefficient (Wildman–Crippen LogP) is 3.78. The molecule has 0 aliphatic carbocycles. The first-order valence-corrected chi connectivity index (χ1v) is 9.24. The molecular weight excluding hydrogens is 406 g/mol. The standard InChI is InChI=1S/C22H16F2N4O3/c23-16-9-8-14(11-17(16)24)26-21(29)13-25-22(30)19-12-18(20-7-4-10-31-20)27-28(19)15-5-2-1-3-6-15/h1-12H,13H2,(H,25,30)(H,26,29). The number of carbonyl (C=O) groups excluding carboxylic acids is 2. The number of para-hydroxylation sites is 1. The van der Waals surface area contributed by atoms with E-state index in [0.29, 0.717) is 17.1 Å². The molecule has 0 fully saturated rings. The van der Waals surface area contributed by atoms with Gasteiger partial charge in [-0.1, -0.05) is 18.2 Å². The van der Waals surface area contributed by atoms with Gasteiger partial charge in [0.1, 0.15) is 11.4 Å². The van der Waals surface area contributed by atoms with Gasteiger partial charge in [-0.15, -0.1) is 0 Å². The molecule has 2 N–H and O–H groups in total. The first-order chi connectivity index (χ1) is 15.0. The Balaban J connectivity index is 1.51. The summed E-state index contributed by atoms with van der Waals surface area (Å²) in [6, 6.07) is 17.0. The predicted molar refractivity (Wildman–Crippen MR) is 109 cm³/mol. The van der Waals surface area contributed by atoms with Gasteiger partial charge in [0.2, 0.25) is 5.91 Å². The van der Waals surface area contributed by atoms with E-state index < -0.39 is 23.4 Å². The lowest BCUT2D eigenvalue weighted by atomic mass is 10.2. The Morgan fingerprint density at radius 2 is 1.77 bits per heavy atom. The van der Waals surface area contributed by atoms with E-state index in [1.807, 2.05) is 6.07 Å². The van der Waals surface area contributed by atoms with Crippen LogP contribution >= 0.6 is 0 Å². The second kappa shape index (κ2) is 8.62. The van der Waals surface area contributed by atoms with Crippen molar-refractivity contribution in [1.29, 1.82) is 0 Å². The van der Waals surface area contributed by atoms with Crippen LogP contribution in [0.2, 0.25) is 0 Å². The van der Waals surface area contributed by atoms with Crippen LogP contribution in [0.5, 0.6) is 0 Å². The van der Waals surface area contributed by atoms with Crippen molar-refractivity contribution in [3.8, 4) is 17.1 Å². The van der Waals surface area contributed by atoms with Gasteiger partial charge in [0.25, 0.3) is 5.91 Å². The highest BCUT2D eigenvalue weighted by Gasteiger charge is 2.19. The third kappa shape index (κ3) is 4.50. The van der Waals surface area contributed by atoms with Crippen LogP contribution in [0, 0.1) is 11.6 Å². The molecule has 2 heterocycles. The number of rotatable bonds is 6. The third-order valence-corrected chi connectivity index (χ3v) is 4.33. The number of halogens is 2. The molecule has 4 aromatic rings. The van der Waals surface area contributed by atoms with E-state index >= 15 is 0 Å². The molecule has 0 saturated heterocycles. The molecule has 9 heteroatoms. The Kier molecular flexibility index (Phi) is 5.57. The normalized spacial score (nSPS) is 10.6. The summed E-state index contributed by atoms with van der Waals surface area (Å²) in [7, 11) is 0. The molecule has 2 aromatic carbocycles. The number of furan rings is 1. The Labute approximate surface area is 175 Å². The number of anilines is 1. The van der Waals surface area contributed by atoms with Crippen molar-refractivity contribution >= 4 is 17.5 Å².